The number of pyridine rings is 1. The molecule has 166 valence electrons. The van der Waals surface area contributed by atoms with Gasteiger partial charge in [0.2, 0.25) is 5.91 Å². The number of rotatable bonds is 6. The molecule has 0 saturated carbocycles. The summed E-state index contributed by atoms with van der Waals surface area (Å²) in [7, 11) is 2.03. The molecule has 5 rings (SSSR count). The van der Waals surface area contributed by atoms with Gasteiger partial charge in [0.25, 0.3) is 0 Å². The minimum atomic E-state index is 0.183. The molecule has 8 heteroatoms. The van der Waals surface area contributed by atoms with Gasteiger partial charge in [-0.25, -0.2) is 4.98 Å². The number of hydrogen-bond donors (Lipinski definition) is 1. The number of likely N-dealkylation sites (tertiary alicyclic amines) is 1. The Morgan fingerprint density at radius 2 is 1.97 bits per heavy atom. The van der Waals surface area contributed by atoms with Gasteiger partial charge in [-0.05, 0) is 35.5 Å². The van der Waals surface area contributed by atoms with Gasteiger partial charge in [0.15, 0.2) is 5.65 Å². The van der Waals surface area contributed by atoms with Crippen LogP contribution in [-0.2, 0) is 17.8 Å². The summed E-state index contributed by atoms with van der Waals surface area (Å²) >= 11 is 0. The highest BCUT2D eigenvalue weighted by atomic mass is 16.2. The SMILES string of the molecule is Bc1cnn2c(NCc3cccnc3)cc(C3CCCN(C(=O)Cc4ccccc4)C3)nc12. The van der Waals surface area contributed by atoms with Gasteiger partial charge in [-0.15, -0.1) is 0 Å². The van der Waals surface area contributed by atoms with E-state index < -0.39 is 0 Å². The number of hydrogen-bond acceptors (Lipinski definition) is 5. The average Bonchev–Trinajstić information content (AvgIpc) is 3.24. The Morgan fingerprint density at radius 1 is 1.12 bits per heavy atom. The van der Waals surface area contributed by atoms with Gasteiger partial charge < -0.3 is 10.2 Å². The number of fused-ring (bicyclic) bond motifs is 1. The summed E-state index contributed by atoms with van der Waals surface area (Å²) in [5.74, 6) is 1.29. The van der Waals surface area contributed by atoms with E-state index in [2.05, 4.69) is 21.5 Å². The van der Waals surface area contributed by atoms with Crippen LogP contribution in [0.5, 0.6) is 0 Å². The highest BCUT2D eigenvalue weighted by Gasteiger charge is 2.26. The second kappa shape index (κ2) is 9.44. The second-order valence-corrected chi connectivity index (χ2v) is 8.69. The van der Waals surface area contributed by atoms with E-state index in [-0.39, 0.29) is 11.8 Å². The Morgan fingerprint density at radius 3 is 2.79 bits per heavy atom. The molecule has 33 heavy (non-hydrogen) atoms. The van der Waals surface area contributed by atoms with Gasteiger partial charge in [-0.3, -0.25) is 9.78 Å². The molecule has 1 fully saturated rings. The Kier molecular flexibility index (Phi) is 6.06. The molecule has 1 N–H and O–H groups in total. The van der Waals surface area contributed by atoms with Crippen molar-refractivity contribution in [3.63, 3.8) is 0 Å². The molecule has 1 amide bonds. The van der Waals surface area contributed by atoms with Crippen LogP contribution in [0.2, 0.25) is 0 Å². The lowest BCUT2D eigenvalue weighted by atomic mass is 9.93. The second-order valence-electron chi connectivity index (χ2n) is 8.69. The number of amides is 1. The average molecular weight is 438 g/mol. The van der Waals surface area contributed by atoms with E-state index in [1.807, 2.05) is 72.1 Å². The fraction of sp³-hybridized carbons (Fsp3) is 0.280. The lowest BCUT2D eigenvalue weighted by Crippen LogP contribution is -2.40. The zero-order valence-corrected chi connectivity index (χ0v) is 18.8. The van der Waals surface area contributed by atoms with Crippen molar-refractivity contribution in [2.75, 3.05) is 18.4 Å². The van der Waals surface area contributed by atoms with E-state index in [4.69, 9.17) is 4.98 Å². The normalized spacial score (nSPS) is 16.1. The molecule has 0 aliphatic carbocycles. The summed E-state index contributed by atoms with van der Waals surface area (Å²) in [5.41, 5.74) is 5.06. The van der Waals surface area contributed by atoms with Crippen molar-refractivity contribution in [3.05, 3.63) is 83.9 Å². The Bertz CT molecular complexity index is 1240. The third kappa shape index (κ3) is 4.74. The number of benzene rings is 1. The maximum Gasteiger partial charge on any atom is 0.227 e. The van der Waals surface area contributed by atoms with Gasteiger partial charge in [0, 0.05) is 50.2 Å². The van der Waals surface area contributed by atoms with Gasteiger partial charge in [-0.1, -0.05) is 36.4 Å². The van der Waals surface area contributed by atoms with Crippen LogP contribution in [0.15, 0.2) is 67.1 Å². The first-order valence-electron chi connectivity index (χ1n) is 11.5. The highest BCUT2D eigenvalue weighted by molar-refractivity contribution is 6.36. The lowest BCUT2D eigenvalue weighted by molar-refractivity contribution is -0.131. The van der Waals surface area contributed by atoms with Crippen LogP contribution in [0.25, 0.3) is 5.65 Å². The van der Waals surface area contributed by atoms with Crippen LogP contribution in [0.1, 0.15) is 35.6 Å². The topological polar surface area (TPSA) is 75.4 Å². The van der Waals surface area contributed by atoms with Gasteiger partial charge in [0.05, 0.1) is 12.1 Å². The zero-order valence-electron chi connectivity index (χ0n) is 18.8. The minimum Gasteiger partial charge on any atom is -0.366 e. The van der Waals surface area contributed by atoms with Crippen molar-refractivity contribution in [3.8, 4) is 0 Å². The van der Waals surface area contributed by atoms with E-state index in [0.29, 0.717) is 19.5 Å². The Balaban J connectivity index is 1.37. The van der Waals surface area contributed by atoms with Crippen molar-refractivity contribution in [1.82, 2.24) is 24.5 Å². The lowest BCUT2D eigenvalue weighted by Gasteiger charge is -2.33. The number of nitrogens with one attached hydrogen (secondary N) is 1. The van der Waals surface area contributed by atoms with E-state index in [1.165, 1.54) is 0 Å². The van der Waals surface area contributed by atoms with Crippen LogP contribution in [0, 0.1) is 0 Å². The first-order valence-corrected chi connectivity index (χ1v) is 11.5. The van der Waals surface area contributed by atoms with Crippen LogP contribution >= 0.6 is 0 Å². The number of piperidine rings is 1. The smallest absolute Gasteiger partial charge is 0.227 e. The number of aromatic nitrogens is 4. The summed E-state index contributed by atoms with van der Waals surface area (Å²) in [6.45, 7) is 2.16. The van der Waals surface area contributed by atoms with Gasteiger partial charge >= 0.3 is 0 Å². The third-order valence-corrected chi connectivity index (χ3v) is 6.25. The summed E-state index contributed by atoms with van der Waals surface area (Å²) in [6, 6.07) is 16.0. The quantitative estimate of drug-likeness (QED) is 0.466. The molecule has 1 aliphatic rings. The van der Waals surface area contributed by atoms with Crippen LogP contribution in [0.4, 0.5) is 5.82 Å². The van der Waals surface area contributed by atoms with Crippen molar-refractivity contribution in [2.45, 2.75) is 31.7 Å². The summed E-state index contributed by atoms with van der Waals surface area (Å²) < 4.78 is 1.86. The number of anilines is 1. The Labute approximate surface area is 194 Å². The molecule has 7 nitrogen and oxygen atoms in total. The standard InChI is InChI=1S/C25H27BN6O/c26-21-16-29-32-23(28-15-19-8-4-10-27-14-19)13-22(30-25(21)32)20-9-5-11-31(17-20)24(33)12-18-6-2-1-3-7-18/h1-4,6-8,10,13-14,16,20,28H,5,9,11-12,15,17,26H2. The summed E-state index contributed by atoms with van der Waals surface area (Å²) in [4.78, 5) is 24.1. The summed E-state index contributed by atoms with van der Waals surface area (Å²) in [6.07, 6.45) is 7.93. The van der Waals surface area contributed by atoms with Crippen LogP contribution in [-0.4, -0.2) is 51.3 Å². The molecule has 1 unspecified atom stereocenters. The van der Waals surface area contributed by atoms with E-state index in [9.17, 15) is 4.79 Å². The van der Waals surface area contributed by atoms with Gasteiger partial charge in [0.1, 0.15) is 13.7 Å². The highest BCUT2D eigenvalue weighted by Crippen LogP contribution is 2.28. The fourth-order valence-corrected chi connectivity index (χ4v) is 4.45. The van der Waals surface area contributed by atoms with E-state index >= 15 is 0 Å². The van der Waals surface area contributed by atoms with Crippen molar-refractivity contribution in [1.29, 1.82) is 0 Å². The first-order chi connectivity index (χ1) is 16.2. The molecule has 0 bridgehead atoms. The van der Waals surface area contributed by atoms with Crippen molar-refractivity contribution >= 4 is 30.7 Å². The van der Waals surface area contributed by atoms with Crippen LogP contribution in [0.3, 0.4) is 0 Å². The molecule has 3 aromatic heterocycles. The molecule has 4 aromatic rings. The minimum absolute atomic E-state index is 0.183. The molecule has 1 aromatic carbocycles. The largest absolute Gasteiger partial charge is 0.366 e. The Hall–Kier alpha value is -3.68. The van der Waals surface area contributed by atoms with Crippen LogP contribution < -0.4 is 10.8 Å². The van der Waals surface area contributed by atoms with Crippen molar-refractivity contribution in [2.24, 2.45) is 0 Å². The van der Waals surface area contributed by atoms with Gasteiger partial charge in [-0.2, -0.15) is 9.61 Å². The molecule has 1 saturated heterocycles. The first kappa shape index (κ1) is 21.2. The predicted octanol–water partition coefficient (Wildman–Crippen LogP) is 1.94. The predicted molar refractivity (Wildman–Crippen MR) is 131 cm³/mol. The molecule has 1 atom stereocenters. The van der Waals surface area contributed by atoms with Crippen molar-refractivity contribution < 1.29 is 4.79 Å². The fourth-order valence-electron chi connectivity index (χ4n) is 4.45. The number of carbonyl (C=O) groups excluding carboxylic acids is 1. The zero-order chi connectivity index (χ0) is 22.6. The molecule has 4 heterocycles. The molecular weight excluding hydrogens is 411 g/mol. The number of nitrogens with zero attached hydrogens (tertiary/aromatic N) is 5. The molecule has 0 radical (unpaired) electrons. The number of carbonyl (C=O) groups is 1. The molecule has 1 aliphatic heterocycles. The maximum absolute atomic E-state index is 13.0. The van der Waals surface area contributed by atoms with E-state index in [1.54, 1.807) is 6.20 Å². The third-order valence-electron chi connectivity index (χ3n) is 6.25. The molecular formula is C25H27BN6O. The van der Waals surface area contributed by atoms with E-state index in [0.717, 1.165) is 53.1 Å². The monoisotopic (exact) mass is 438 g/mol. The summed E-state index contributed by atoms with van der Waals surface area (Å²) in [5, 5.41) is 8.02. The maximum atomic E-state index is 13.0. The molecule has 0 spiro atoms.